The number of rotatable bonds is 1. The van der Waals surface area contributed by atoms with Crippen molar-refractivity contribution in [2.75, 3.05) is 23.7 Å². The number of nitrogens with one attached hydrogen (secondary N) is 1. The van der Waals surface area contributed by atoms with Gasteiger partial charge in [0, 0.05) is 24.1 Å². The molecule has 1 atom stereocenters. The van der Waals surface area contributed by atoms with E-state index in [1.807, 2.05) is 11.8 Å². The maximum Gasteiger partial charge on any atom is 0.271 e. The van der Waals surface area contributed by atoms with Gasteiger partial charge < -0.3 is 9.88 Å². The third-order valence-corrected chi connectivity index (χ3v) is 3.80. The number of thioether (sulfide) groups is 1. The van der Waals surface area contributed by atoms with Crippen LogP contribution in [0.5, 0.6) is 0 Å². The summed E-state index contributed by atoms with van der Waals surface area (Å²) < 4.78 is 0. The van der Waals surface area contributed by atoms with Crippen molar-refractivity contribution < 1.29 is 0 Å². The van der Waals surface area contributed by atoms with Crippen LogP contribution in [-0.4, -0.2) is 34.1 Å². The number of hydrogen-bond donors (Lipinski definition) is 1. The van der Waals surface area contributed by atoms with Crippen molar-refractivity contribution in [3.8, 4) is 0 Å². The molecule has 15 heavy (non-hydrogen) atoms. The molecule has 1 aromatic rings. The number of aromatic nitrogens is 2. The number of H-pyrrole nitrogens is 1. The van der Waals surface area contributed by atoms with Crippen molar-refractivity contribution in [3.63, 3.8) is 0 Å². The molecule has 2 heterocycles. The molecule has 0 aliphatic carbocycles. The minimum atomic E-state index is -0.271. The van der Waals surface area contributed by atoms with Gasteiger partial charge in [-0.05, 0) is 0 Å². The first-order valence-electron chi connectivity index (χ1n) is 4.78. The van der Waals surface area contributed by atoms with Crippen molar-refractivity contribution in [2.45, 2.75) is 12.2 Å². The summed E-state index contributed by atoms with van der Waals surface area (Å²) in [5, 5.41) is 0.743. The standard InChI is InChI=1S/C9H12ClN3OS/c1-6-4-13(2-3-15-6)8-7(10)9(14)12-5-11-8/h5-6H,2-4H2,1H3,(H,11,12,14). The molecule has 0 saturated carbocycles. The summed E-state index contributed by atoms with van der Waals surface area (Å²) in [6.45, 7) is 3.95. The average Bonchev–Trinajstić information content (AvgIpc) is 2.22. The van der Waals surface area contributed by atoms with Crippen molar-refractivity contribution >= 4 is 29.2 Å². The van der Waals surface area contributed by atoms with Gasteiger partial charge in [-0.3, -0.25) is 4.79 Å². The fraction of sp³-hybridized carbons (Fsp3) is 0.556. The van der Waals surface area contributed by atoms with Crippen molar-refractivity contribution in [1.29, 1.82) is 0 Å². The van der Waals surface area contributed by atoms with Crippen LogP contribution in [0.2, 0.25) is 5.02 Å². The number of nitrogens with zero attached hydrogens (tertiary/aromatic N) is 2. The second kappa shape index (κ2) is 4.45. The summed E-state index contributed by atoms with van der Waals surface area (Å²) in [4.78, 5) is 20.0. The molecule has 0 bridgehead atoms. The summed E-state index contributed by atoms with van der Waals surface area (Å²) in [5.74, 6) is 1.65. The lowest BCUT2D eigenvalue weighted by atomic mass is 10.3. The maximum atomic E-state index is 11.3. The monoisotopic (exact) mass is 245 g/mol. The Hall–Kier alpha value is -0.680. The van der Waals surface area contributed by atoms with E-state index < -0.39 is 0 Å². The minimum Gasteiger partial charge on any atom is -0.353 e. The van der Waals surface area contributed by atoms with Gasteiger partial charge in [0.05, 0.1) is 6.33 Å². The van der Waals surface area contributed by atoms with Gasteiger partial charge in [-0.25, -0.2) is 4.98 Å². The van der Waals surface area contributed by atoms with Crippen molar-refractivity contribution in [2.24, 2.45) is 0 Å². The summed E-state index contributed by atoms with van der Waals surface area (Å²) in [5.41, 5.74) is -0.271. The van der Waals surface area contributed by atoms with E-state index in [9.17, 15) is 4.79 Å². The van der Waals surface area contributed by atoms with Crippen LogP contribution in [0.4, 0.5) is 5.82 Å². The Balaban J connectivity index is 2.28. The fourth-order valence-corrected chi connectivity index (χ4v) is 2.84. The summed E-state index contributed by atoms with van der Waals surface area (Å²) >= 11 is 7.85. The van der Waals surface area contributed by atoms with Crippen LogP contribution < -0.4 is 10.5 Å². The number of aromatic amines is 1. The normalized spacial score (nSPS) is 21.7. The van der Waals surface area contributed by atoms with Crippen LogP contribution in [0.15, 0.2) is 11.1 Å². The zero-order valence-corrected chi connectivity index (χ0v) is 9.94. The van der Waals surface area contributed by atoms with Gasteiger partial charge in [-0.2, -0.15) is 11.8 Å². The molecule has 1 aromatic heterocycles. The molecule has 0 spiro atoms. The molecule has 2 rings (SSSR count). The van der Waals surface area contributed by atoms with Gasteiger partial charge in [-0.15, -0.1) is 0 Å². The van der Waals surface area contributed by atoms with E-state index in [0.29, 0.717) is 11.1 Å². The Bertz CT molecular complexity index is 409. The Morgan fingerprint density at radius 3 is 3.27 bits per heavy atom. The van der Waals surface area contributed by atoms with E-state index in [2.05, 4.69) is 21.8 Å². The predicted octanol–water partition coefficient (Wildman–Crippen LogP) is 1.37. The highest BCUT2D eigenvalue weighted by Crippen LogP contribution is 2.25. The highest BCUT2D eigenvalue weighted by atomic mass is 35.5. The van der Waals surface area contributed by atoms with E-state index in [1.54, 1.807) is 0 Å². The minimum absolute atomic E-state index is 0.191. The first-order chi connectivity index (χ1) is 7.18. The molecule has 82 valence electrons. The van der Waals surface area contributed by atoms with Crippen LogP contribution in [0.3, 0.4) is 0 Å². The van der Waals surface area contributed by atoms with Gasteiger partial charge in [-0.1, -0.05) is 18.5 Å². The van der Waals surface area contributed by atoms with Gasteiger partial charge in [0.1, 0.15) is 5.02 Å². The van der Waals surface area contributed by atoms with Crippen LogP contribution in [0.1, 0.15) is 6.92 Å². The molecule has 1 saturated heterocycles. The molecular formula is C9H12ClN3OS. The Labute approximate surface area is 97.0 Å². The van der Waals surface area contributed by atoms with E-state index in [1.165, 1.54) is 6.33 Å². The molecular weight excluding hydrogens is 234 g/mol. The first-order valence-corrected chi connectivity index (χ1v) is 6.21. The second-order valence-electron chi connectivity index (χ2n) is 3.50. The molecule has 6 heteroatoms. The summed E-state index contributed by atoms with van der Waals surface area (Å²) in [6, 6.07) is 0. The predicted molar refractivity (Wildman–Crippen MR) is 64.0 cm³/mol. The quantitative estimate of drug-likeness (QED) is 0.812. The lowest BCUT2D eigenvalue weighted by Crippen LogP contribution is -2.38. The molecule has 1 aliphatic heterocycles. The summed E-state index contributed by atoms with van der Waals surface area (Å²) in [6.07, 6.45) is 1.40. The van der Waals surface area contributed by atoms with E-state index in [0.717, 1.165) is 18.8 Å². The molecule has 0 amide bonds. The molecule has 0 aromatic carbocycles. The maximum absolute atomic E-state index is 11.3. The smallest absolute Gasteiger partial charge is 0.271 e. The third-order valence-electron chi connectivity index (χ3n) is 2.32. The zero-order valence-electron chi connectivity index (χ0n) is 8.36. The average molecular weight is 246 g/mol. The Kier molecular flexibility index (Phi) is 3.21. The lowest BCUT2D eigenvalue weighted by molar-refractivity contribution is 0.767. The number of hydrogen-bond acceptors (Lipinski definition) is 4. The molecule has 1 unspecified atom stereocenters. The topological polar surface area (TPSA) is 49.0 Å². The fourth-order valence-electron chi connectivity index (χ4n) is 1.60. The Morgan fingerprint density at radius 1 is 1.73 bits per heavy atom. The van der Waals surface area contributed by atoms with E-state index in [4.69, 9.17) is 11.6 Å². The summed E-state index contributed by atoms with van der Waals surface area (Å²) in [7, 11) is 0. The molecule has 1 N–H and O–H groups in total. The van der Waals surface area contributed by atoms with Gasteiger partial charge >= 0.3 is 0 Å². The van der Waals surface area contributed by atoms with Crippen LogP contribution in [0.25, 0.3) is 0 Å². The third kappa shape index (κ3) is 2.29. The van der Waals surface area contributed by atoms with Crippen molar-refractivity contribution in [1.82, 2.24) is 9.97 Å². The zero-order chi connectivity index (χ0) is 10.8. The largest absolute Gasteiger partial charge is 0.353 e. The lowest BCUT2D eigenvalue weighted by Gasteiger charge is -2.31. The van der Waals surface area contributed by atoms with Gasteiger partial charge in [0.2, 0.25) is 0 Å². The first kappa shape index (κ1) is 10.8. The molecule has 1 aliphatic rings. The molecule has 0 radical (unpaired) electrons. The second-order valence-corrected chi connectivity index (χ2v) is 5.42. The number of anilines is 1. The Morgan fingerprint density at radius 2 is 2.53 bits per heavy atom. The van der Waals surface area contributed by atoms with Crippen molar-refractivity contribution in [3.05, 3.63) is 21.7 Å². The number of halogens is 1. The van der Waals surface area contributed by atoms with Gasteiger partial charge in [0.15, 0.2) is 5.82 Å². The van der Waals surface area contributed by atoms with E-state index >= 15 is 0 Å². The SMILES string of the molecule is CC1CN(c2nc[nH]c(=O)c2Cl)CCS1. The molecule has 1 fully saturated rings. The highest BCUT2D eigenvalue weighted by Gasteiger charge is 2.20. The van der Waals surface area contributed by atoms with Crippen LogP contribution >= 0.6 is 23.4 Å². The van der Waals surface area contributed by atoms with E-state index in [-0.39, 0.29) is 10.6 Å². The van der Waals surface area contributed by atoms with Crippen LogP contribution in [0, 0.1) is 0 Å². The van der Waals surface area contributed by atoms with Gasteiger partial charge in [0.25, 0.3) is 5.56 Å². The molecule has 4 nitrogen and oxygen atoms in total. The van der Waals surface area contributed by atoms with Crippen LogP contribution in [-0.2, 0) is 0 Å². The highest BCUT2D eigenvalue weighted by molar-refractivity contribution is 8.00.